The van der Waals surface area contributed by atoms with E-state index in [1.165, 1.54) is 0 Å². The largest absolute Gasteiger partial charge is 0.241 e. The van der Waals surface area contributed by atoms with Gasteiger partial charge in [0.15, 0.2) is 0 Å². The first-order valence-electron chi connectivity index (χ1n) is 4.07. The first-order valence-corrected chi connectivity index (χ1v) is 5.47. The van der Waals surface area contributed by atoms with Crippen LogP contribution in [0.25, 0.3) is 6.08 Å². The molecule has 2 atom stereocenters. The number of fused-ring (bicyclic) bond motifs is 1. The molecule has 68 valence electrons. The molecule has 0 amide bonds. The zero-order chi connectivity index (χ0) is 9.47. The summed E-state index contributed by atoms with van der Waals surface area (Å²) >= 11 is 1.75. The quantitative estimate of drug-likeness (QED) is 0.486. The molecule has 0 spiro atoms. The van der Waals surface area contributed by atoms with Crippen molar-refractivity contribution in [3.8, 4) is 0 Å². The number of hydrogen-bond acceptors (Lipinski definition) is 3. The fourth-order valence-corrected chi connectivity index (χ4v) is 2.64. The van der Waals surface area contributed by atoms with Crippen molar-refractivity contribution in [1.82, 2.24) is 9.97 Å². The van der Waals surface area contributed by atoms with E-state index in [0.717, 1.165) is 16.3 Å². The molecule has 1 aromatic heterocycles. The first kappa shape index (κ1) is 9.17. The van der Waals surface area contributed by atoms with Gasteiger partial charge in [0.25, 0.3) is 0 Å². The highest BCUT2D eigenvalue weighted by atomic mass is 32.2. The molecule has 2 heterocycles. The summed E-state index contributed by atoms with van der Waals surface area (Å²) in [4.78, 5) is 8.42. The summed E-state index contributed by atoms with van der Waals surface area (Å²) in [5.74, 6) is 0. The van der Waals surface area contributed by atoms with Crippen LogP contribution in [0.5, 0.6) is 0 Å². The summed E-state index contributed by atoms with van der Waals surface area (Å²) in [6, 6.07) is 0. The molecule has 13 heavy (non-hydrogen) atoms. The average molecular weight is 210 g/mol. The Labute approximate surface area is 84.5 Å². The van der Waals surface area contributed by atoms with Crippen LogP contribution < -0.4 is 0 Å². The van der Waals surface area contributed by atoms with E-state index in [0.29, 0.717) is 0 Å². The highest BCUT2D eigenvalue weighted by molar-refractivity contribution is 8.04. The van der Waals surface area contributed by atoms with Crippen molar-refractivity contribution in [2.75, 3.05) is 0 Å². The maximum absolute atomic E-state index is 4.26. The van der Waals surface area contributed by atoms with Crippen molar-refractivity contribution in [2.45, 2.75) is 23.4 Å². The Bertz CT molecular complexity index is 374. The standard InChI is InChI=1S/C9H11N2PS/c1-6-7-3-4-9(2,12)13-8(7)11-5-10-6/h3-5H,12H2,1-2H3. The second kappa shape index (κ2) is 3.07. The lowest BCUT2D eigenvalue weighted by molar-refractivity contribution is 0.976. The van der Waals surface area contributed by atoms with Gasteiger partial charge in [-0.15, -0.1) is 9.24 Å². The number of thioether (sulfide) groups is 1. The molecule has 2 unspecified atom stereocenters. The Kier molecular flexibility index (Phi) is 2.17. The van der Waals surface area contributed by atoms with Crippen LogP contribution in [0.2, 0.25) is 0 Å². The van der Waals surface area contributed by atoms with Gasteiger partial charge in [0, 0.05) is 11.3 Å². The van der Waals surface area contributed by atoms with Crippen LogP contribution in [0.15, 0.2) is 17.4 Å². The average Bonchev–Trinajstić information content (AvgIpc) is 2.02. The maximum Gasteiger partial charge on any atom is 0.117 e. The lowest BCUT2D eigenvalue weighted by Crippen LogP contribution is -2.10. The molecule has 0 saturated carbocycles. The molecule has 1 aliphatic rings. The van der Waals surface area contributed by atoms with E-state index in [9.17, 15) is 0 Å². The summed E-state index contributed by atoms with van der Waals surface area (Å²) in [5.41, 5.74) is 2.21. The minimum absolute atomic E-state index is 0.0772. The van der Waals surface area contributed by atoms with E-state index in [1.807, 2.05) is 6.92 Å². The Balaban J connectivity index is 2.53. The Morgan fingerprint density at radius 3 is 3.00 bits per heavy atom. The normalized spacial score (nSPS) is 25.8. The van der Waals surface area contributed by atoms with Gasteiger partial charge < -0.3 is 0 Å². The predicted molar refractivity (Wildman–Crippen MR) is 59.8 cm³/mol. The third-order valence-corrected chi connectivity index (χ3v) is 3.58. The molecular weight excluding hydrogens is 199 g/mol. The van der Waals surface area contributed by atoms with Gasteiger partial charge in [0.1, 0.15) is 11.4 Å². The van der Waals surface area contributed by atoms with Gasteiger partial charge in [0.05, 0.1) is 4.49 Å². The second-order valence-electron chi connectivity index (χ2n) is 3.30. The lowest BCUT2D eigenvalue weighted by Gasteiger charge is -2.24. The van der Waals surface area contributed by atoms with Gasteiger partial charge in [0.2, 0.25) is 0 Å². The van der Waals surface area contributed by atoms with Crippen molar-refractivity contribution < 1.29 is 0 Å². The van der Waals surface area contributed by atoms with Crippen LogP contribution in [0.3, 0.4) is 0 Å². The maximum atomic E-state index is 4.26. The molecule has 2 rings (SSSR count). The molecule has 1 aromatic rings. The number of nitrogens with zero attached hydrogens (tertiary/aromatic N) is 2. The third-order valence-electron chi connectivity index (χ3n) is 1.94. The van der Waals surface area contributed by atoms with E-state index >= 15 is 0 Å². The summed E-state index contributed by atoms with van der Waals surface area (Å²) < 4.78 is 0.0772. The van der Waals surface area contributed by atoms with E-state index in [1.54, 1.807) is 18.1 Å². The van der Waals surface area contributed by atoms with Gasteiger partial charge in [-0.25, -0.2) is 9.97 Å². The fourth-order valence-electron chi connectivity index (χ4n) is 1.23. The zero-order valence-corrected chi connectivity index (χ0v) is 9.58. The molecule has 0 fully saturated rings. The smallest absolute Gasteiger partial charge is 0.117 e. The van der Waals surface area contributed by atoms with E-state index in [4.69, 9.17) is 0 Å². The highest BCUT2D eigenvalue weighted by Gasteiger charge is 2.23. The van der Waals surface area contributed by atoms with Crippen molar-refractivity contribution in [3.05, 3.63) is 23.7 Å². The van der Waals surface area contributed by atoms with Crippen molar-refractivity contribution in [2.24, 2.45) is 0 Å². The first-order chi connectivity index (χ1) is 6.08. The number of rotatable bonds is 0. The van der Waals surface area contributed by atoms with Crippen molar-refractivity contribution in [3.63, 3.8) is 0 Å². The van der Waals surface area contributed by atoms with Gasteiger partial charge in [-0.3, -0.25) is 0 Å². The number of hydrogen-bond donors (Lipinski definition) is 0. The summed E-state index contributed by atoms with van der Waals surface area (Å²) in [5, 5.41) is 1.08. The minimum Gasteiger partial charge on any atom is -0.241 e. The molecule has 2 nitrogen and oxygen atoms in total. The zero-order valence-electron chi connectivity index (χ0n) is 7.61. The molecular formula is C9H11N2PS. The van der Waals surface area contributed by atoms with E-state index in [-0.39, 0.29) is 4.49 Å². The number of aromatic nitrogens is 2. The van der Waals surface area contributed by atoms with Crippen molar-refractivity contribution in [1.29, 1.82) is 0 Å². The molecule has 0 aliphatic carbocycles. The molecule has 0 bridgehead atoms. The van der Waals surface area contributed by atoms with Gasteiger partial charge in [-0.1, -0.05) is 23.9 Å². The topological polar surface area (TPSA) is 25.8 Å². The summed E-state index contributed by atoms with van der Waals surface area (Å²) in [6.45, 7) is 4.16. The van der Waals surface area contributed by atoms with Crippen molar-refractivity contribution >= 4 is 27.1 Å². The number of aryl methyl sites for hydroxylation is 1. The van der Waals surface area contributed by atoms with Gasteiger partial charge >= 0.3 is 0 Å². The summed E-state index contributed by atoms with van der Waals surface area (Å²) in [6.07, 6.45) is 5.90. The van der Waals surface area contributed by atoms with Crippen LogP contribution in [0, 0.1) is 6.92 Å². The Morgan fingerprint density at radius 1 is 1.46 bits per heavy atom. The summed E-state index contributed by atoms with van der Waals surface area (Å²) in [7, 11) is 2.82. The van der Waals surface area contributed by atoms with Crippen LogP contribution in [0.1, 0.15) is 18.2 Å². The third kappa shape index (κ3) is 1.77. The monoisotopic (exact) mass is 210 g/mol. The Hall–Kier alpha value is -0.400. The van der Waals surface area contributed by atoms with Crippen LogP contribution >= 0.6 is 21.0 Å². The minimum atomic E-state index is 0.0772. The van der Waals surface area contributed by atoms with E-state index in [2.05, 4.69) is 38.3 Å². The van der Waals surface area contributed by atoms with Crippen LogP contribution in [-0.2, 0) is 0 Å². The SMILES string of the molecule is Cc1ncnc2c1C=CC(C)(P)S2. The predicted octanol–water partition coefficient (Wildman–Crippen LogP) is 2.50. The second-order valence-corrected chi connectivity index (χ2v) is 6.39. The van der Waals surface area contributed by atoms with E-state index < -0.39 is 0 Å². The van der Waals surface area contributed by atoms with Crippen LogP contribution in [-0.4, -0.2) is 14.5 Å². The Morgan fingerprint density at radius 2 is 2.23 bits per heavy atom. The lowest BCUT2D eigenvalue weighted by atomic mass is 10.2. The molecule has 0 N–H and O–H groups in total. The van der Waals surface area contributed by atoms with Gasteiger partial charge in [-0.05, 0) is 13.8 Å². The molecule has 0 radical (unpaired) electrons. The molecule has 1 aliphatic heterocycles. The van der Waals surface area contributed by atoms with Gasteiger partial charge in [-0.2, -0.15) is 0 Å². The fraction of sp³-hybridized carbons (Fsp3) is 0.333. The molecule has 4 heteroatoms. The molecule has 0 saturated heterocycles. The highest BCUT2D eigenvalue weighted by Crippen LogP contribution is 2.44. The molecule has 0 aromatic carbocycles. The van der Waals surface area contributed by atoms with Crippen LogP contribution in [0.4, 0.5) is 0 Å².